The molecule has 0 unspecified atom stereocenters. The van der Waals surface area contributed by atoms with E-state index in [2.05, 4.69) is 6.92 Å². The van der Waals surface area contributed by atoms with E-state index in [0.29, 0.717) is 4.70 Å². The summed E-state index contributed by atoms with van der Waals surface area (Å²) >= 11 is 1.40. The summed E-state index contributed by atoms with van der Waals surface area (Å²) in [5.74, 6) is -0.151. The Kier molecular flexibility index (Phi) is 1.43. The van der Waals surface area contributed by atoms with Gasteiger partial charge in [-0.2, -0.15) is 0 Å². The van der Waals surface area contributed by atoms with Gasteiger partial charge in [0, 0.05) is 0 Å². The van der Waals surface area contributed by atoms with E-state index in [1.54, 1.807) is 6.07 Å². The van der Waals surface area contributed by atoms with Crippen molar-refractivity contribution in [1.29, 1.82) is 0 Å². The molecule has 0 N–H and O–H groups in total. The summed E-state index contributed by atoms with van der Waals surface area (Å²) in [5, 5.41) is 2.79. The highest BCUT2D eigenvalue weighted by Gasteiger charge is 2.02. The fourth-order valence-corrected chi connectivity index (χ4v) is 1.97. The molecule has 2 aromatic rings. The molecule has 2 heteroatoms. The van der Waals surface area contributed by atoms with Crippen molar-refractivity contribution in [2.24, 2.45) is 0 Å². The molecule has 0 saturated heterocycles. The lowest BCUT2D eigenvalue weighted by atomic mass is 10.2. The van der Waals surface area contributed by atoms with E-state index < -0.39 is 0 Å². The molecule has 1 radical (unpaired) electrons. The molecule has 0 nitrogen and oxygen atoms in total. The molecule has 0 aliphatic rings. The van der Waals surface area contributed by atoms with E-state index in [0.717, 1.165) is 10.9 Å². The van der Waals surface area contributed by atoms with Crippen LogP contribution < -0.4 is 0 Å². The van der Waals surface area contributed by atoms with Crippen LogP contribution in [-0.2, 0) is 0 Å². The maximum Gasteiger partial charge on any atom is 0.140 e. The van der Waals surface area contributed by atoms with Crippen LogP contribution in [0.5, 0.6) is 0 Å². The second kappa shape index (κ2) is 2.31. The van der Waals surface area contributed by atoms with E-state index in [1.807, 2.05) is 11.4 Å². The van der Waals surface area contributed by atoms with Crippen LogP contribution in [-0.4, -0.2) is 0 Å². The Balaban J connectivity index is 2.94. The minimum atomic E-state index is -0.151. The van der Waals surface area contributed by atoms with Gasteiger partial charge in [-0.05, 0) is 29.3 Å². The van der Waals surface area contributed by atoms with Gasteiger partial charge >= 0.3 is 0 Å². The third kappa shape index (κ3) is 0.942. The van der Waals surface area contributed by atoms with Gasteiger partial charge in [0.1, 0.15) is 5.82 Å². The molecule has 0 amide bonds. The zero-order chi connectivity index (χ0) is 7.84. The maximum absolute atomic E-state index is 13.0. The van der Waals surface area contributed by atoms with E-state index in [4.69, 9.17) is 0 Å². The Labute approximate surface area is 68.3 Å². The summed E-state index contributed by atoms with van der Waals surface area (Å²) < 4.78 is 13.7. The normalized spacial score (nSPS) is 10.7. The van der Waals surface area contributed by atoms with Crippen molar-refractivity contribution < 1.29 is 4.39 Å². The monoisotopic (exact) mass is 165 g/mol. The van der Waals surface area contributed by atoms with Gasteiger partial charge in [0.2, 0.25) is 0 Å². The van der Waals surface area contributed by atoms with Crippen molar-refractivity contribution in [2.45, 2.75) is 0 Å². The summed E-state index contributed by atoms with van der Waals surface area (Å²) in [6.07, 6.45) is 0. The SMILES string of the molecule is [CH2]c1csc2c(F)cccc12. The molecule has 1 aromatic carbocycles. The molecule has 0 bridgehead atoms. The number of halogens is 1. The Bertz CT molecular complexity index is 389. The van der Waals surface area contributed by atoms with Crippen LogP contribution in [0, 0.1) is 12.7 Å². The van der Waals surface area contributed by atoms with Gasteiger partial charge in [0.15, 0.2) is 0 Å². The highest BCUT2D eigenvalue weighted by atomic mass is 32.1. The molecule has 1 aromatic heterocycles. The van der Waals surface area contributed by atoms with Crippen molar-refractivity contribution >= 4 is 21.4 Å². The van der Waals surface area contributed by atoms with E-state index in [9.17, 15) is 4.39 Å². The van der Waals surface area contributed by atoms with Gasteiger partial charge in [-0.3, -0.25) is 0 Å². The van der Waals surface area contributed by atoms with Gasteiger partial charge < -0.3 is 0 Å². The molecular formula is C9H6FS. The van der Waals surface area contributed by atoms with Crippen LogP contribution in [0.4, 0.5) is 4.39 Å². The highest BCUT2D eigenvalue weighted by molar-refractivity contribution is 7.17. The zero-order valence-electron chi connectivity index (χ0n) is 5.80. The molecule has 11 heavy (non-hydrogen) atoms. The first-order valence-electron chi connectivity index (χ1n) is 3.27. The molecule has 0 saturated carbocycles. The minimum Gasteiger partial charge on any atom is -0.205 e. The molecule has 0 fully saturated rings. The van der Waals surface area contributed by atoms with Crippen molar-refractivity contribution in [1.82, 2.24) is 0 Å². The molecule has 0 spiro atoms. The van der Waals surface area contributed by atoms with Crippen molar-refractivity contribution in [3.05, 3.63) is 41.9 Å². The van der Waals surface area contributed by atoms with Gasteiger partial charge in [0.05, 0.1) is 4.70 Å². The average molecular weight is 165 g/mol. The zero-order valence-corrected chi connectivity index (χ0v) is 6.62. The van der Waals surface area contributed by atoms with E-state index >= 15 is 0 Å². The largest absolute Gasteiger partial charge is 0.205 e. The number of rotatable bonds is 0. The first-order valence-corrected chi connectivity index (χ1v) is 4.14. The highest BCUT2D eigenvalue weighted by Crippen LogP contribution is 2.27. The van der Waals surface area contributed by atoms with Crippen molar-refractivity contribution in [3.8, 4) is 0 Å². The van der Waals surface area contributed by atoms with Gasteiger partial charge in [-0.1, -0.05) is 12.1 Å². The van der Waals surface area contributed by atoms with Crippen LogP contribution in [0.15, 0.2) is 23.6 Å². The minimum absolute atomic E-state index is 0.151. The lowest BCUT2D eigenvalue weighted by Crippen LogP contribution is -1.72. The number of hydrogen-bond donors (Lipinski definition) is 0. The van der Waals surface area contributed by atoms with Crippen LogP contribution in [0.1, 0.15) is 5.56 Å². The predicted octanol–water partition coefficient (Wildman–Crippen LogP) is 3.22. The molecule has 1 heterocycles. The number of benzene rings is 1. The van der Waals surface area contributed by atoms with E-state index in [1.165, 1.54) is 17.4 Å². The average Bonchev–Trinajstić information content (AvgIpc) is 2.35. The molecular weight excluding hydrogens is 159 g/mol. The second-order valence-corrected chi connectivity index (χ2v) is 3.26. The summed E-state index contributed by atoms with van der Waals surface area (Å²) in [6, 6.07) is 5.06. The summed E-state index contributed by atoms with van der Waals surface area (Å²) in [4.78, 5) is 0. The molecule has 55 valence electrons. The predicted molar refractivity (Wildman–Crippen MR) is 46.2 cm³/mol. The fourth-order valence-electron chi connectivity index (χ4n) is 1.08. The Morgan fingerprint density at radius 1 is 1.36 bits per heavy atom. The second-order valence-electron chi connectivity index (χ2n) is 2.38. The standard InChI is InChI=1S/C9H6FS/c1-6-5-11-9-7(6)3-2-4-8(9)10/h2-5H,1H2. The quantitative estimate of drug-likeness (QED) is 0.562. The van der Waals surface area contributed by atoms with Crippen LogP contribution in [0.2, 0.25) is 0 Å². The van der Waals surface area contributed by atoms with Crippen molar-refractivity contribution in [2.75, 3.05) is 0 Å². The molecule has 0 aliphatic carbocycles. The smallest absolute Gasteiger partial charge is 0.140 e. The Morgan fingerprint density at radius 3 is 2.91 bits per heavy atom. The summed E-state index contributed by atoms with van der Waals surface area (Å²) in [6.45, 7) is 3.79. The molecule has 0 aliphatic heterocycles. The summed E-state index contributed by atoms with van der Waals surface area (Å²) in [7, 11) is 0. The van der Waals surface area contributed by atoms with Crippen LogP contribution in [0.3, 0.4) is 0 Å². The third-order valence-corrected chi connectivity index (χ3v) is 2.68. The van der Waals surface area contributed by atoms with Crippen LogP contribution >= 0.6 is 11.3 Å². The van der Waals surface area contributed by atoms with Gasteiger partial charge in [-0.25, -0.2) is 4.39 Å². The summed E-state index contributed by atoms with van der Waals surface area (Å²) in [5.41, 5.74) is 0.907. The van der Waals surface area contributed by atoms with E-state index in [-0.39, 0.29) is 5.82 Å². The first-order chi connectivity index (χ1) is 5.29. The molecule has 0 atom stereocenters. The number of thiophene rings is 1. The van der Waals surface area contributed by atoms with Gasteiger partial charge in [-0.15, -0.1) is 11.3 Å². The van der Waals surface area contributed by atoms with Gasteiger partial charge in [0.25, 0.3) is 0 Å². The maximum atomic E-state index is 13.0. The van der Waals surface area contributed by atoms with Crippen molar-refractivity contribution in [3.63, 3.8) is 0 Å². The lowest BCUT2D eigenvalue weighted by Gasteiger charge is -1.90. The fraction of sp³-hybridized carbons (Fsp3) is 0. The lowest BCUT2D eigenvalue weighted by molar-refractivity contribution is 0.641. The van der Waals surface area contributed by atoms with Crippen LogP contribution in [0.25, 0.3) is 10.1 Å². The topological polar surface area (TPSA) is 0 Å². The molecule has 2 rings (SSSR count). The number of fused-ring (bicyclic) bond motifs is 1. The first kappa shape index (κ1) is 6.80. The number of hydrogen-bond acceptors (Lipinski definition) is 1. The third-order valence-electron chi connectivity index (χ3n) is 1.63. The Hall–Kier alpha value is -0.890. The Morgan fingerprint density at radius 2 is 2.18 bits per heavy atom.